The van der Waals surface area contributed by atoms with Gasteiger partial charge in [-0.25, -0.2) is 4.98 Å². The van der Waals surface area contributed by atoms with E-state index in [1.807, 2.05) is 13.1 Å². The molecule has 5 nitrogen and oxygen atoms in total. The number of ether oxygens (including phenoxy) is 1. The van der Waals surface area contributed by atoms with Crippen molar-refractivity contribution < 1.29 is 9.84 Å². The Hall–Kier alpha value is -0.910. The molecule has 2 aliphatic heterocycles. The Balaban J connectivity index is 1.74. The first kappa shape index (κ1) is 15.0. The minimum Gasteiger partial charge on any atom is -0.395 e. The summed E-state index contributed by atoms with van der Waals surface area (Å²) in [5, 5.41) is 9.71. The molecule has 0 aromatic carbocycles. The summed E-state index contributed by atoms with van der Waals surface area (Å²) in [6.45, 7) is 6.02. The summed E-state index contributed by atoms with van der Waals surface area (Å²) >= 11 is 0. The van der Waals surface area contributed by atoms with E-state index in [-0.39, 0.29) is 12.6 Å². The molecule has 0 saturated carbocycles. The Morgan fingerprint density at radius 2 is 2.14 bits per heavy atom. The van der Waals surface area contributed by atoms with Gasteiger partial charge in [0.2, 0.25) is 0 Å². The van der Waals surface area contributed by atoms with Crippen molar-refractivity contribution in [1.29, 1.82) is 0 Å². The van der Waals surface area contributed by atoms with Crippen molar-refractivity contribution in [3.05, 3.63) is 17.7 Å². The zero-order valence-corrected chi connectivity index (χ0v) is 13.2. The highest BCUT2D eigenvalue weighted by atomic mass is 16.5. The Morgan fingerprint density at radius 1 is 1.38 bits per heavy atom. The maximum Gasteiger partial charge on any atom is 0.105 e. The van der Waals surface area contributed by atoms with Crippen LogP contribution in [0.15, 0.2) is 6.20 Å². The van der Waals surface area contributed by atoms with E-state index in [4.69, 9.17) is 4.74 Å². The second-order valence-corrected chi connectivity index (χ2v) is 6.75. The molecule has 1 N–H and O–H groups in total. The van der Waals surface area contributed by atoms with Crippen molar-refractivity contribution in [3.8, 4) is 0 Å². The molecule has 3 heterocycles. The van der Waals surface area contributed by atoms with Crippen molar-refractivity contribution in [2.45, 2.75) is 45.2 Å². The molecule has 2 fully saturated rings. The highest BCUT2D eigenvalue weighted by molar-refractivity contribution is 5.05. The van der Waals surface area contributed by atoms with Gasteiger partial charge in [0.15, 0.2) is 0 Å². The molecule has 1 unspecified atom stereocenters. The summed E-state index contributed by atoms with van der Waals surface area (Å²) in [6, 6.07) is 0.286. The first-order valence-electron chi connectivity index (χ1n) is 8.03. The summed E-state index contributed by atoms with van der Waals surface area (Å²) in [7, 11) is 2.07. The van der Waals surface area contributed by atoms with Crippen molar-refractivity contribution in [3.63, 3.8) is 0 Å². The van der Waals surface area contributed by atoms with Gasteiger partial charge in [0, 0.05) is 45.6 Å². The molecule has 3 rings (SSSR count). The summed E-state index contributed by atoms with van der Waals surface area (Å²) in [6.07, 6.45) is 6.60. The molecule has 0 bridgehead atoms. The molecule has 1 spiro atoms. The second-order valence-electron chi connectivity index (χ2n) is 6.75. The van der Waals surface area contributed by atoms with Gasteiger partial charge in [0.1, 0.15) is 5.82 Å². The monoisotopic (exact) mass is 293 g/mol. The average Bonchev–Trinajstić information content (AvgIpc) is 2.81. The number of hydrogen-bond acceptors (Lipinski definition) is 4. The lowest BCUT2D eigenvalue weighted by Gasteiger charge is -2.48. The number of rotatable bonds is 3. The fraction of sp³-hybridized carbons (Fsp3) is 0.812. The molecule has 0 amide bonds. The highest BCUT2D eigenvalue weighted by Gasteiger charge is 2.40. The van der Waals surface area contributed by atoms with Crippen LogP contribution in [0.2, 0.25) is 0 Å². The largest absolute Gasteiger partial charge is 0.395 e. The van der Waals surface area contributed by atoms with Crippen LogP contribution in [-0.2, 0) is 18.3 Å². The Labute approximate surface area is 126 Å². The van der Waals surface area contributed by atoms with E-state index in [1.165, 1.54) is 12.1 Å². The van der Waals surface area contributed by atoms with E-state index in [0.29, 0.717) is 5.41 Å². The lowest BCUT2D eigenvalue weighted by molar-refractivity contribution is -0.0555. The fourth-order valence-electron chi connectivity index (χ4n) is 3.80. The lowest BCUT2D eigenvalue weighted by Crippen LogP contribution is -2.51. The van der Waals surface area contributed by atoms with Crippen LogP contribution in [0.1, 0.15) is 37.2 Å². The molecule has 1 atom stereocenters. The number of piperidine rings is 1. The van der Waals surface area contributed by atoms with Gasteiger partial charge in [0.05, 0.1) is 12.3 Å². The first-order valence-corrected chi connectivity index (χ1v) is 8.03. The smallest absolute Gasteiger partial charge is 0.105 e. The minimum atomic E-state index is 0.253. The average molecular weight is 293 g/mol. The molecular formula is C16H27N3O2. The lowest BCUT2D eigenvalue weighted by atomic mass is 9.72. The molecule has 0 radical (unpaired) electrons. The predicted octanol–water partition coefficient (Wildman–Crippen LogP) is 1.48. The van der Waals surface area contributed by atoms with Crippen molar-refractivity contribution in [1.82, 2.24) is 14.5 Å². The van der Waals surface area contributed by atoms with Crippen LogP contribution in [0, 0.1) is 12.3 Å². The van der Waals surface area contributed by atoms with Gasteiger partial charge in [-0.15, -0.1) is 0 Å². The van der Waals surface area contributed by atoms with Gasteiger partial charge in [-0.05, 0) is 38.0 Å². The zero-order valence-electron chi connectivity index (χ0n) is 13.2. The minimum absolute atomic E-state index is 0.253. The number of hydrogen-bond donors (Lipinski definition) is 1. The van der Waals surface area contributed by atoms with E-state index < -0.39 is 0 Å². The van der Waals surface area contributed by atoms with Gasteiger partial charge in [-0.2, -0.15) is 0 Å². The number of aromatic nitrogens is 2. The molecule has 1 aromatic rings. The van der Waals surface area contributed by atoms with Crippen LogP contribution in [0.3, 0.4) is 0 Å². The summed E-state index contributed by atoms with van der Waals surface area (Å²) in [5.41, 5.74) is 1.63. The Bertz CT molecular complexity index is 480. The zero-order chi connectivity index (χ0) is 14.9. The highest BCUT2D eigenvalue weighted by Crippen LogP contribution is 2.41. The van der Waals surface area contributed by atoms with Crippen LogP contribution >= 0.6 is 0 Å². The van der Waals surface area contributed by atoms with E-state index in [0.717, 1.165) is 51.4 Å². The number of nitrogens with zero attached hydrogens (tertiary/aromatic N) is 3. The topological polar surface area (TPSA) is 50.5 Å². The molecule has 118 valence electrons. The Morgan fingerprint density at radius 3 is 2.76 bits per heavy atom. The fourth-order valence-corrected chi connectivity index (χ4v) is 3.80. The molecule has 2 saturated heterocycles. The van der Waals surface area contributed by atoms with Crippen LogP contribution in [0.4, 0.5) is 0 Å². The van der Waals surface area contributed by atoms with Gasteiger partial charge in [0.25, 0.3) is 0 Å². The first-order chi connectivity index (χ1) is 10.1. The van der Waals surface area contributed by atoms with Gasteiger partial charge >= 0.3 is 0 Å². The third kappa shape index (κ3) is 3.00. The Kier molecular flexibility index (Phi) is 4.33. The van der Waals surface area contributed by atoms with Crippen LogP contribution in [0.5, 0.6) is 0 Å². The number of aryl methyl sites for hydroxylation is 1. The normalized spacial score (nSPS) is 26.3. The SMILES string of the molecule is Cc1ncc(CN2CC3(CCOCC3)CCC2CO)n1C. The van der Waals surface area contributed by atoms with Crippen LogP contribution in [0.25, 0.3) is 0 Å². The van der Waals surface area contributed by atoms with Crippen molar-refractivity contribution in [2.75, 3.05) is 26.4 Å². The molecule has 21 heavy (non-hydrogen) atoms. The van der Waals surface area contributed by atoms with Gasteiger partial charge in [-0.3, -0.25) is 4.90 Å². The number of likely N-dealkylation sites (tertiary alicyclic amines) is 1. The molecular weight excluding hydrogens is 266 g/mol. The number of aliphatic hydroxyl groups is 1. The van der Waals surface area contributed by atoms with E-state index in [9.17, 15) is 5.11 Å². The van der Waals surface area contributed by atoms with Gasteiger partial charge < -0.3 is 14.4 Å². The standard InChI is InChI=1S/C16H27N3O2/c1-13-17-9-15(18(13)2)10-19-12-16(4-3-14(19)11-20)5-7-21-8-6-16/h9,14,20H,3-8,10-12H2,1-2H3. The maximum atomic E-state index is 9.71. The van der Waals surface area contributed by atoms with Crippen LogP contribution in [-0.4, -0.2) is 52.0 Å². The maximum absolute atomic E-state index is 9.71. The molecule has 0 aliphatic carbocycles. The number of aliphatic hydroxyl groups excluding tert-OH is 1. The van der Waals surface area contributed by atoms with Crippen molar-refractivity contribution >= 4 is 0 Å². The quantitative estimate of drug-likeness (QED) is 0.917. The summed E-state index contributed by atoms with van der Waals surface area (Å²) in [4.78, 5) is 6.85. The molecule has 5 heteroatoms. The van der Waals surface area contributed by atoms with E-state index >= 15 is 0 Å². The van der Waals surface area contributed by atoms with Crippen LogP contribution < -0.4 is 0 Å². The predicted molar refractivity (Wildman–Crippen MR) is 80.9 cm³/mol. The second kappa shape index (κ2) is 6.07. The molecule has 1 aromatic heterocycles. The van der Waals surface area contributed by atoms with E-state index in [2.05, 4.69) is 21.5 Å². The third-order valence-corrected chi connectivity index (χ3v) is 5.51. The van der Waals surface area contributed by atoms with Gasteiger partial charge in [-0.1, -0.05) is 0 Å². The van der Waals surface area contributed by atoms with Crippen molar-refractivity contribution in [2.24, 2.45) is 12.5 Å². The molecule has 2 aliphatic rings. The third-order valence-electron chi connectivity index (χ3n) is 5.51. The number of imidazole rings is 1. The summed E-state index contributed by atoms with van der Waals surface area (Å²) < 4.78 is 7.70. The van der Waals surface area contributed by atoms with E-state index in [1.54, 1.807) is 0 Å². The summed E-state index contributed by atoms with van der Waals surface area (Å²) in [5.74, 6) is 1.04.